The van der Waals surface area contributed by atoms with Gasteiger partial charge >= 0.3 is 0 Å². The summed E-state index contributed by atoms with van der Waals surface area (Å²) in [5.74, 6) is 0. The zero-order valence-corrected chi connectivity index (χ0v) is 14.0. The fourth-order valence-electron chi connectivity index (χ4n) is 2.61. The van der Waals surface area contributed by atoms with Crippen molar-refractivity contribution in [3.8, 4) is 0 Å². The molecule has 1 fully saturated rings. The number of rotatable bonds is 6. The Morgan fingerprint density at radius 1 is 1.24 bits per heavy atom. The molecule has 0 radical (unpaired) electrons. The van der Waals surface area contributed by atoms with Crippen LogP contribution in [0.3, 0.4) is 0 Å². The van der Waals surface area contributed by atoms with Gasteiger partial charge in [0, 0.05) is 61.8 Å². The minimum Gasteiger partial charge on any atom is -0.346 e. The van der Waals surface area contributed by atoms with Gasteiger partial charge in [0.2, 0.25) is 0 Å². The molecule has 0 bridgehead atoms. The topological polar surface area (TPSA) is 31.4 Å². The molecular formula is C15H22N4S2. The average Bonchev–Trinajstić information content (AvgIpc) is 3.21. The van der Waals surface area contributed by atoms with Crippen LogP contribution in [-0.2, 0) is 0 Å². The van der Waals surface area contributed by atoms with Crippen LogP contribution in [-0.4, -0.2) is 49.2 Å². The highest BCUT2D eigenvalue weighted by Gasteiger charge is 2.18. The number of thiophene rings is 1. The van der Waals surface area contributed by atoms with E-state index in [9.17, 15) is 0 Å². The van der Waals surface area contributed by atoms with E-state index in [1.54, 1.807) is 11.3 Å². The Morgan fingerprint density at radius 2 is 2.10 bits per heavy atom. The Bertz CT molecular complexity index is 504. The molecule has 0 aliphatic carbocycles. The molecule has 0 spiro atoms. The fourth-order valence-corrected chi connectivity index (χ4v) is 4.07. The van der Waals surface area contributed by atoms with E-state index in [2.05, 4.69) is 49.9 Å². The molecule has 0 amide bonds. The first-order chi connectivity index (χ1) is 10.3. The molecule has 1 N–H and O–H groups in total. The maximum absolute atomic E-state index is 4.39. The second kappa shape index (κ2) is 7.35. The second-order valence-corrected chi connectivity index (χ2v) is 7.19. The molecule has 0 aromatic carbocycles. The maximum Gasteiger partial charge on any atom is 0.185 e. The van der Waals surface area contributed by atoms with Gasteiger partial charge in [-0.2, -0.15) is 0 Å². The summed E-state index contributed by atoms with van der Waals surface area (Å²) in [4.78, 5) is 10.7. The number of anilines is 1. The van der Waals surface area contributed by atoms with Gasteiger partial charge in [-0.15, -0.1) is 22.7 Å². The summed E-state index contributed by atoms with van der Waals surface area (Å²) in [5.41, 5.74) is 0. The molecule has 2 aromatic rings. The number of nitrogens with zero attached hydrogens (tertiary/aromatic N) is 3. The molecule has 21 heavy (non-hydrogen) atoms. The van der Waals surface area contributed by atoms with Crippen molar-refractivity contribution in [2.45, 2.75) is 13.0 Å². The Hall–Kier alpha value is -0.950. The lowest BCUT2D eigenvalue weighted by molar-refractivity contribution is 0.255. The van der Waals surface area contributed by atoms with Crippen molar-refractivity contribution < 1.29 is 0 Å². The van der Waals surface area contributed by atoms with Gasteiger partial charge in [0.15, 0.2) is 5.13 Å². The SMILES string of the molecule is CC(NCCN1CCN(c2nccs2)CC1)c1cccs1. The van der Waals surface area contributed by atoms with E-state index in [1.807, 2.05) is 17.5 Å². The van der Waals surface area contributed by atoms with E-state index in [0.29, 0.717) is 6.04 Å². The van der Waals surface area contributed by atoms with Crippen LogP contribution < -0.4 is 10.2 Å². The zero-order valence-electron chi connectivity index (χ0n) is 12.4. The fraction of sp³-hybridized carbons (Fsp3) is 0.533. The number of aromatic nitrogens is 1. The highest BCUT2D eigenvalue weighted by molar-refractivity contribution is 7.13. The van der Waals surface area contributed by atoms with Crippen LogP contribution in [0, 0.1) is 0 Å². The molecule has 114 valence electrons. The highest BCUT2D eigenvalue weighted by Crippen LogP contribution is 2.19. The highest BCUT2D eigenvalue weighted by atomic mass is 32.1. The lowest BCUT2D eigenvalue weighted by Gasteiger charge is -2.34. The molecular weight excluding hydrogens is 300 g/mol. The zero-order chi connectivity index (χ0) is 14.5. The lowest BCUT2D eigenvalue weighted by Crippen LogP contribution is -2.48. The van der Waals surface area contributed by atoms with Gasteiger partial charge in [0.1, 0.15) is 0 Å². The van der Waals surface area contributed by atoms with Crippen LogP contribution in [0.1, 0.15) is 17.8 Å². The molecule has 1 aliphatic rings. The number of thiazole rings is 1. The van der Waals surface area contributed by atoms with Crippen molar-refractivity contribution in [3.63, 3.8) is 0 Å². The number of nitrogens with one attached hydrogen (secondary N) is 1. The van der Waals surface area contributed by atoms with Crippen molar-refractivity contribution in [2.75, 3.05) is 44.2 Å². The third-order valence-electron chi connectivity index (χ3n) is 3.91. The van der Waals surface area contributed by atoms with Gasteiger partial charge in [-0.25, -0.2) is 4.98 Å². The van der Waals surface area contributed by atoms with E-state index in [4.69, 9.17) is 0 Å². The first kappa shape index (κ1) is 15.0. The Morgan fingerprint density at radius 3 is 2.76 bits per heavy atom. The van der Waals surface area contributed by atoms with Crippen molar-refractivity contribution in [1.82, 2.24) is 15.2 Å². The van der Waals surface area contributed by atoms with Crippen LogP contribution >= 0.6 is 22.7 Å². The first-order valence-electron chi connectivity index (χ1n) is 7.46. The van der Waals surface area contributed by atoms with E-state index in [-0.39, 0.29) is 0 Å². The Balaban J connectivity index is 1.36. The molecule has 4 nitrogen and oxygen atoms in total. The minimum absolute atomic E-state index is 0.460. The predicted molar refractivity (Wildman–Crippen MR) is 91.5 cm³/mol. The van der Waals surface area contributed by atoms with E-state index in [1.165, 1.54) is 10.0 Å². The monoisotopic (exact) mass is 322 g/mol. The quantitative estimate of drug-likeness (QED) is 0.886. The molecule has 6 heteroatoms. The lowest BCUT2D eigenvalue weighted by atomic mass is 10.2. The smallest absolute Gasteiger partial charge is 0.185 e. The van der Waals surface area contributed by atoms with Gasteiger partial charge < -0.3 is 10.2 Å². The molecule has 0 saturated carbocycles. The van der Waals surface area contributed by atoms with Gasteiger partial charge in [0.05, 0.1) is 0 Å². The van der Waals surface area contributed by atoms with Crippen LogP contribution in [0.4, 0.5) is 5.13 Å². The maximum atomic E-state index is 4.39. The van der Waals surface area contributed by atoms with Crippen LogP contribution in [0.15, 0.2) is 29.1 Å². The molecule has 3 rings (SSSR count). The molecule has 1 atom stereocenters. The number of hydrogen-bond acceptors (Lipinski definition) is 6. The summed E-state index contributed by atoms with van der Waals surface area (Å²) >= 11 is 3.56. The predicted octanol–water partition coefficient (Wildman–Crippen LogP) is 2.68. The summed E-state index contributed by atoms with van der Waals surface area (Å²) in [7, 11) is 0. The molecule has 3 heterocycles. The second-order valence-electron chi connectivity index (χ2n) is 5.33. The largest absolute Gasteiger partial charge is 0.346 e. The molecule has 1 saturated heterocycles. The number of hydrogen-bond donors (Lipinski definition) is 1. The Kier molecular flexibility index (Phi) is 5.24. The minimum atomic E-state index is 0.460. The Labute approximate surface area is 134 Å². The summed E-state index contributed by atoms with van der Waals surface area (Å²) in [5, 5.41) is 8.98. The van der Waals surface area contributed by atoms with Crippen molar-refractivity contribution >= 4 is 27.8 Å². The summed E-state index contributed by atoms with van der Waals surface area (Å²) in [6.07, 6.45) is 1.89. The summed E-state index contributed by atoms with van der Waals surface area (Å²) in [6, 6.07) is 4.78. The van der Waals surface area contributed by atoms with E-state index < -0.39 is 0 Å². The van der Waals surface area contributed by atoms with Crippen LogP contribution in [0.5, 0.6) is 0 Å². The van der Waals surface area contributed by atoms with Crippen molar-refractivity contribution in [2.24, 2.45) is 0 Å². The summed E-state index contributed by atoms with van der Waals surface area (Å²) in [6.45, 7) is 8.87. The van der Waals surface area contributed by atoms with Gasteiger partial charge in [0.25, 0.3) is 0 Å². The van der Waals surface area contributed by atoms with E-state index >= 15 is 0 Å². The van der Waals surface area contributed by atoms with Crippen LogP contribution in [0.25, 0.3) is 0 Å². The molecule has 1 unspecified atom stereocenters. The van der Waals surface area contributed by atoms with Crippen molar-refractivity contribution in [3.05, 3.63) is 34.0 Å². The average molecular weight is 323 g/mol. The first-order valence-corrected chi connectivity index (χ1v) is 9.22. The molecule has 1 aliphatic heterocycles. The van der Waals surface area contributed by atoms with Crippen LogP contribution in [0.2, 0.25) is 0 Å². The van der Waals surface area contributed by atoms with Gasteiger partial charge in [-0.1, -0.05) is 6.07 Å². The van der Waals surface area contributed by atoms with Gasteiger partial charge in [-0.3, -0.25) is 4.90 Å². The van der Waals surface area contributed by atoms with Crippen molar-refractivity contribution in [1.29, 1.82) is 0 Å². The molecule has 2 aromatic heterocycles. The standard InChI is InChI=1S/C15H22N4S2/c1-13(14-3-2-11-20-14)16-4-6-18-7-9-19(10-8-18)15-17-5-12-21-15/h2-3,5,11-13,16H,4,6-10H2,1H3. The third kappa shape index (κ3) is 4.03. The van der Waals surface area contributed by atoms with E-state index in [0.717, 1.165) is 39.3 Å². The number of piperazine rings is 1. The summed E-state index contributed by atoms with van der Waals surface area (Å²) < 4.78 is 0. The van der Waals surface area contributed by atoms with Gasteiger partial charge in [-0.05, 0) is 18.4 Å². The normalized spacial score (nSPS) is 18.0. The third-order valence-corrected chi connectivity index (χ3v) is 5.80.